The number of hydrogen-bond donors (Lipinski definition) is 2. The molecule has 4 atom stereocenters. The van der Waals surface area contributed by atoms with Crippen LogP contribution in [0.4, 0.5) is 22.0 Å². The average molecular weight is 516 g/mol. The molecule has 2 amide bonds. The lowest BCUT2D eigenvalue weighted by Gasteiger charge is -2.41. The van der Waals surface area contributed by atoms with Crippen molar-refractivity contribution >= 4 is 17.8 Å². The molecule has 1 aromatic carbocycles. The fourth-order valence-electron chi connectivity index (χ4n) is 5.20. The van der Waals surface area contributed by atoms with Gasteiger partial charge in [0, 0.05) is 18.6 Å². The highest BCUT2D eigenvalue weighted by molar-refractivity contribution is 5.95. The van der Waals surface area contributed by atoms with Crippen LogP contribution in [0, 0.1) is 28.9 Å². The van der Waals surface area contributed by atoms with Gasteiger partial charge in [0.1, 0.15) is 17.7 Å². The van der Waals surface area contributed by atoms with E-state index in [4.69, 9.17) is 15.6 Å². The predicted octanol–water partition coefficient (Wildman–Crippen LogP) is 2.82. The summed E-state index contributed by atoms with van der Waals surface area (Å²) in [5, 5.41) is 16.4. The van der Waals surface area contributed by atoms with Gasteiger partial charge in [-0.25, -0.2) is 13.6 Å². The minimum Gasteiger partial charge on any atom is -0.475 e. The number of nitrogens with two attached hydrogens (primary N) is 1. The van der Waals surface area contributed by atoms with Crippen molar-refractivity contribution in [1.82, 2.24) is 9.80 Å². The quantitative estimate of drug-likeness (QED) is 0.595. The summed E-state index contributed by atoms with van der Waals surface area (Å²) in [5.41, 5.74) is 6.05. The van der Waals surface area contributed by atoms with Crippen LogP contribution in [-0.2, 0) is 9.59 Å². The number of rotatable bonds is 3. The Bertz CT molecular complexity index is 1050. The number of carbonyl (C=O) groups excluding carboxylic acids is 2. The predicted molar refractivity (Wildman–Crippen MR) is 114 cm³/mol. The van der Waals surface area contributed by atoms with Crippen LogP contribution in [0.15, 0.2) is 18.2 Å². The number of nitriles is 1. The van der Waals surface area contributed by atoms with Crippen molar-refractivity contribution in [2.24, 2.45) is 11.7 Å². The first-order valence-electron chi connectivity index (χ1n) is 11.4. The summed E-state index contributed by atoms with van der Waals surface area (Å²) >= 11 is 0. The Morgan fingerprint density at radius 1 is 1.11 bits per heavy atom. The molecular weight excluding hydrogens is 491 g/mol. The Balaban J connectivity index is 0.000000454. The number of carboxylic acid groups (broad SMARTS) is 1. The highest BCUT2D eigenvalue weighted by Gasteiger charge is 2.47. The van der Waals surface area contributed by atoms with Crippen LogP contribution in [0.1, 0.15) is 48.9 Å². The van der Waals surface area contributed by atoms with Gasteiger partial charge < -0.3 is 20.6 Å². The van der Waals surface area contributed by atoms with Gasteiger partial charge in [0.2, 0.25) is 5.91 Å². The zero-order chi connectivity index (χ0) is 26.8. The van der Waals surface area contributed by atoms with Crippen LogP contribution in [0.3, 0.4) is 0 Å². The normalized spacial score (nSPS) is 26.0. The molecule has 36 heavy (non-hydrogen) atoms. The standard InChI is InChI=1S/C21H24F2N4O2.C2HF3O2/c22-13-3-6-18(23)17(10-13)20(28)27-14-4-5-15(27)9-12(8-14)19(25)21(29)26-7-1-2-16(26)11-24;3-2(4,5)1(6)7/h3,6,10,12,14-16,19H,1-2,4-5,7-9,25H2;(H,6,7)/t12?,14?,15?,16-,19-;/m0./s1. The number of benzene rings is 1. The van der Waals surface area contributed by atoms with Crippen LogP contribution in [0.2, 0.25) is 0 Å². The first-order chi connectivity index (χ1) is 16.8. The molecule has 1 aromatic rings. The number of halogens is 5. The molecule has 3 fully saturated rings. The molecule has 2 bridgehead atoms. The summed E-state index contributed by atoms with van der Waals surface area (Å²) in [6.45, 7) is 0.549. The van der Waals surface area contributed by atoms with Crippen LogP contribution in [0.5, 0.6) is 0 Å². The number of carbonyl (C=O) groups is 3. The van der Waals surface area contributed by atoms with Gasteiger partial charge in [-0.05, 0) is 62.6 Å². The summed E-state index contributed by atoms with van der Waals surface area (Å²) in [4.78, 5) is 37.9. The fraction of sp³-hybridized carbons (Fsp3) is 0.565. The van der Waals surface area contributed by atoms with Crippen molar-refractivity contribution in [3.63, 3.8) is 0 Å². The van der Waals surface area contributed by atoms with Crippen LogP contribution in [0.25, 0.3) is 0 Å². The Kier molecular flexibility index (Phi) is 8.18. The SMILES string of the molecule is N#C[C@@H]1CCCN1C(=O)[C@@H](N)C1CC2CCC(C1)N2C(=O)c1cc(F)ccc1F.O=C(O)C(F)(F)F. The van der Waals surface area contributed by atoms with Crippen LogP contribution in [-0.4, -0.2) is 69.6 Å². The molecule has 0 spiro atoms. The molecule has 3 aliphatic heterocycles. The zero-order valence-electron chi connectivity index (χ0n) is 19.0. The lowest BCUT2D eigenvalue weighted by molar-refractivity contribution is -0.192. The topological polar surface area (TPSA) is 128 Å². The third kappa shape index (κ3) is 5.75. The molecular formula is C23H25F5N4O4. The summed E-state index contributed by atoms with van der Waals surface area (Å²) < 4.78 is 59.4. The highest BCUT2D eigenvalue weighted by atomic mass is 19.4. The van der Waals surface area contributed by atoms with Gasteiger partial charge in [-0.3, -0.25) is 9.59 Å². The van der Waals surface area contributed by atoms with Crippen LogP contribution < -0.4 is 5.73 Å². The number of hydrogen-bond acceptors (Lipinski definition) is 5. The maximum Gasteiger partial charge on any atom is 0.490 e. The third-order valence-corrected chi connectivity index (χ3v) is 6.88. The lowest BCUT2D eigenvalue weighted by Crippen LogP contribution is -2.55. The number of alkyl halides is 3. The largest absolute Gasteiger partial charge is 0.490 e. The molecule has 0 radical (unpaired) electrons. The molecule has 0 aromatic heterocycles. The number of likely N-dealkylation sites (tertiary alicyclic amines) is 1. The molecule has 2 unspecified atom stereocenters. The molecule has 3 saturated heterocycles. The lowest BCUT2D eigenvalue weighted by atomic mass is 9.84. The van der Waals surface area contributed by atoms with E-state index in [-0.39, 0.29) is 29.5 Å². The Morgan fingerprint density at radius 3 is 2.22 bits per heavy atom. The monoisotopic (exact) mass is 516 g/mol. The molecule has 13 heteroatoms. The average Bonchev–Trinajstić information content (AvgIpc) is 3.40. The van der Waals surface area contributed by atoms with Gasteiger partial charge in [-0.2, -0.15) is 18.4 Å². The fourth-order valence-corrected chi connectivity index (χ4v) is 5.20. The van der Waals surface area contributed by atoms with Crippen LogP contribution >= 0.6 is 0 Å². The van der Waals surface area contributed by atoms with E-state index >= 15 is 0 Å². The minimum atomic E-state index is -5.08. The van der Waals surface area contributed by atoms with Gasteiger partial charge in [0.25, 0.3) is 5.91 Å². The van der Waals surface area contributed by atoms with E-state index < -0.39 is 41.8 Å². The Hall–Kier alpha value is -3.27. The first-order valence-corrected chi connectivity index (χ1v) is 11.4. The Labute approximate surface area is 203 Å². The smallest absolute Gasteiger partial charge is 0.475 e. The summed E-state index contributed by atoms with van der Waals surface area (Å²) in [6.07, 6.45) is -0.987. The van der Waals surface area contributed by atoms with Crippen molar-refractivity contribution in [1.29, 1.82) is 5.26 Å². The summed E-state index contributed by atoms with van der Waals surface area (Å²) in [6, 6.07) is 3.65. The van der Waals surface area contributed by atoms with Crippen molar-refractivity contribution in [2.75, 3.05) is 6.54 Å². The second kappa shape index (κ2) is 10.8. The third-order valence-electron chi connectivity index (χ3n) is 6.88. The molecule has 0 aliphatic carbocycles. The van der Waals surface area contributed by atoms with E-state index in [1.54, 1.807) is 9.80 Å². The second-order valence-corrected chi connectivity index (χ2v) is 9.10. The van der Waals surface area contributed by atoms with E-state index in [0.717, 1.165) is 37.5 Å². The van der Waals surface area contributed by atoms with Gasteiger partial charge in [-0.1, -0.05) is 0 Å². The number of fused-ring (bicyclic) bond motifs is 2. The Morgan fingerprint density at radius 2 is 1.69 bits per heavy atom. The van der Waals surface area contributed by atoms with Crippen molar-refractivity contribution in [3.05, 3.63) is 35.4 Å². The number of aliphatic carboxylic acids is 1. The van der Waals surface area contributed by atoms with E-state index in [0.29, 0.717) is 25.8 Å². The maximum atomic E-state index is 14.1. The maximum absolute atomic E-state index is 14.1. The van der Waals surface area contributed by atoms with E-state index in [1.807, 2.05) is 0 Å². The highest BCUT2D eigenvalue weighted by Crippen LogP contribution is 2.41. The first kappa shape index (κ1) is 27.3. The molecule has 3 aliphatic rings. The number of piperidine rings is 1. The van der Waals surface area contributed by atoms with Gasteiger partial charge in [0.15, 0.2) is 0 Å². The van der Waals surface area contributed by atoms with Crippen molar-refractivity contribution in [2.45, 2.75) is 68.9 Å². The van der Waals surface area contributed by atoms with Gasteiger partial charge >= 0.3 is 12.1 Å². The minimum absolute atomic E-state index is 0.0960. The second-order valence-electron chi connectivity index (χ2n) is 9.10. The van der Waals surface area contributed by atoms with Gasteiger partial charge in [-0.15, -0.1) is 0 Å². The summed E-state index contributed by atoms with van der Waals surface area (Å²) in [5.74, 6) is -4.94. The van der Waals surface area contributed by atoms with E-state index in [9.17, 15) is 36.8 Å². The molecule has 4 rings (SSSR count). The van der Waals surface area contributed by atoms with Crippen molar-refractivity contribution in [3.8, 4) is 6.07 Å². The zero-order valence-corrected chi connectivity index (χ0v) is 19.0. The molecule has 0 saturated carbocycles. The summed E-state index contributed by atoms with van der Waals surface area (Å²) in [7, 11) is 0. The molecule has 8 nitrogen and oxygen atoms in total. The number of carboxylic acids is 1. The molecule has 3 N–H and O–H groups in total. The van der Waals surface area contributed by atoms with E-state index in [2.05, 4.69) is 6.07 Å². The van der Waals surface area contributed by atoms with Crippen molar-refractivity contribution < 1.29 is 41.4 Å². The molecule has 196 valence electrons. The van der Waals surface area contributed by atoms with E-state index in [1.165, 1.54) is 0 Å². The molecule has 3 heterocycles. The number of nitrogens with zero attached hydrogens (tertiary/aromatic N) is 3. The number of amides is 2. The van der Waals surface area contributed by atoms with Gasteiger partial charge in [0.05, 0.1) is 17.7 Å².